The summed E-state index contributed by atoms with van der Waals surface area (Å²) < 4.78 is 12.0. The predicted octanol–water partition coefficient (Wildman–Crippen LogP) is 3.20. The minimum absolute atomic E-state index is 0.0104. The Hall–Kier alpha value is -1.82. The zero-order valence-corrected chi connectivity index (χ0v) is 16.8. The first-order chi connectivity index (χ1) is 12.3. The second-order valence-corrected chi connectivity index (χ2v) is 9.27. The van der Waals surface area contributed by atoms with Gasteiger partial charge in [0, 0.05) is 17.8 Å². The van der Waals surface area contributed by atoms with Crippen molar-refractivity contribution in [1.82, 2.24) is 0 Å². The van der Waals surface area contributed by atoms with Gasteiger partial charge in [-0.05, 0) is 47.0 Å². The fourth-order valence-corrected chi connectivity index (χ4v) is 5.31. The number of carboxylic acids is 1. The topological polar surface area (TPSA) is 93.1 Å². The minimum atomic E-state index is -1.54. The van der Waals surface area contributed by atoms with Crippen molar-refractivity contribution < 1.29 is 29.3 Å². The van der Waals surface area contributed by atoms with Gasteiger partial charge in [-0.15, -0.1) is 6.58 Å². The van der Waals surface area contributed by atoms with Gasteiger partial charge >= 0.3 is 5.97 Å². The van der Waals surface area contributed by atoms with Gasteiger partial charge in [0.05, 0.1) is 16.6 Å². The van der Waals surface area contributed by atoms with E-state index in [1.807, 2.05) is 20.8 Å². The van der Waals surface area contributed by atoms with Crippen molar-refractivity contribution in [2.24, 2.45) is 16.7 Å². The third-order valence-electron chi connectivity index (χ3n) is 7.43. The van der Waals surface area contributed by atoms with Gasteiger partial charge in [0.2, 0.25) is 0 Å². The van der Waals surface area contributed by atoms with Crippen molar-refractivity contribution in [1.29, 1.82) is 0 Å². The summed E-state index contributed by atoms with van der Waals surface area (Å²) in [5, 5.41) is 21.5. The molecule has 0 saturated heterocycles. The van der Waals surface area contributed by atoms with E-state index in [0.29, 0.717) is 30.8 Å². The summed E-state index contributed by atoms with van der Waals surface area (Å²) in [6.45, 7) is 12.6. The molecule has 27 heavy (non-hydrogen) atoms. The van der Waals surface area contributed by atoms with Crippen LogP contribution in [0.2, 0.25) is 0 Å². The quantitative estimate of drug-likeness (QED) is 0.733. The highest BCUT2D eigenvalue weighted by atomic mass is 16.7. The highest BCUT2D eigenvalue weighted by Crippen LogP contribution is 2.63. The molecular formula is C21H30O6. The zero-order valence-electron chi connectivity index (χ0n) is 16.8. The smallest absolute Gasteiger partial charge is 0.312 e. The van der Waals surface area contributed by atoms with E-state index in [9.17, 15) is 19.8 Å². The minimum Gasteiger partial charge on any atom is -0.481 e. The summed E-state index contributed by atoms with van der Waals surface area (Å²) in [7, 11) is 0. The number of hydrogen-bond acceptors (Lipinski definition) is 5. The summed E-state index contributed by atoms with van der Waals surface area (Å²) in [6, 6.07) is 0. The summed E-state index contributed by atoms with van der Waals surface area (Å²) in [4.78, 5) is 24.6. The Labute approximate surface area is 160 Å². The first kappa shape index (κ1) is 19.9. The Bertz CT molecular complexity index is 737. The van der Waals surface area contributed by atoms with E-state index < -0.39 is 28.0 Å². The van der Waals surface area contributed by atoms with Crippen LogP contribution in [0, 0.1) is 16.7 Å². The lowest BCUT2D eigenvalue weighted by atomic mass is 9.46. The van der Waals surface area contributed by atoms with E-state index in [2.05, 4.69) is 6.58 Å². The average Bonchev–Trinajstić information content (AvgIpc) is 2.57. The standard InChI is InChI=1S/C21H30O6/c1-7-19(5)15-11-13-14(22)10-12(2)26-16(13)27-20(15,6)8-9-21(19,25)18(3,4)17(23)24/h7,12,15,25H,1,8-11H2,2-6H3,(H,23,24)/t12-,15+,19-,20+,21+/m1/s1. The number of Topliss-reactive ketones (excluding diaryl/α,β-unsaturated/α-hetero) is 1. The molecular weight excluding hydrogens is 348 g/mol. The molecule has 0 spiro atoms. The molecule has 0 aromatic heterocycles. The van der Waals surface area contributed by atoms with Gasteiger partial charge in [0.15, 0.2) is 5.78 Å². The largest absolute Gasteiger partial charge is 0.481 e. The van der Waals surface area contributed by atoms with Gasteiger partial charge in [-0.25, -0.2) is 0 Å². The van der Waals surface area contributed by atoms with Gasteiger partial charge < -0.3 is 19.7 Å². The van der Waals surface area contributed by atoms with Crippen molar-refractivity contribution in [2.75, 3.05) is 0 Å². The number of aliphatic hydroxyl groups is 1. The van der Waals surface area contributed by atoms with Crippen LogP contribution in [-0.4, -0.2) is 39.3 Å². The molecule has 1 aliphatic carbocycles. The van der Waals surface area contributed by atoms with Crippen LogP contribution < -0.4 is 0 Å². The maximum atomic E-state index is 12.6. The zero-order chi connectivity index (χ0) is 20.4. The highest BCUT2D eigenvalue weighted by Gasteiger charge is 2.68. The van der Waals surface area contributed by atoms with E-state index in [1.165, 1.54) is 0 Å². The number of carbonyl (C=O) groups is 2. The molecule has 3 aliphatic rings. The number of carbonyl (C=O) groups excluding carboxylic acids is 1. The summed E-state index contributed by atoms with van der Waals surface area (Å²) in [6.07, 6.45) is 2.78. The highest BCUT2D eigenvalue weighted by molar-refractivity contribution is 5.96. The number of ketones is 1. The summed E-state index contributed by atoms with van der Waals surface area (Å²) in [5.41, 5.74) is -4.08. The third kappa shape index (κ3) is 2.49. The normalized spacial score (nSPS) is 41.8. The van der Waals surface area contributed by atoms with E-state index in [0.717, 1.165) is 0 Å². The van der Waals surface area contributed by atoms with Crippen LogP contribution in [-0.2, 0) is 19.1 Å². The van der Waals surface area contributed by atoms with Crippen molar-refractivity contribution >= 4 is 11.8 Å². The average molecular weight is 378 g/mol. The van der Waals surface area contributed by atoms with Crippen LogP contribution in [0.15, 0.2) is 24.2 Å². The lowest BCUT2D eigenvalue weighted by Crippen LogP contribution is -2.69. The number of carboxylic acid groups (broad SMARTS) is 1. The van der Waals surface area contributed by atoms with Gasteiger partial charge in [0.1, 0.15) is 11.7 Å². The Morgan fingerprint density at radius 1 is 1.30 bits per heavy atom. The van der Waals surface area contributed by atoms with Crippen LogP contribution in [0.5, 0.6) is 0 Å². The second-order valence-electron chi connectivity index (χ2n) is 9.27. The molecule has 0 radical (unpaired) electrons. The molecule has 6 heteroatoms. The number of aliphatic carboxylic acids is 1. The Morgan fingerprint density at radius 2 is 1.93 bits per heavy atom. The molecule has 0 amide bonds. The third-order valence-corrected chi connectivity index (χ3v) is 7.43. The maximum absolute atomic E-state index is 12.6. The second kappa shape index (κ2) is 5.84. The molecule has 0 bridgehead atoms. The van der Waals surface area contributed by atoms with Crippen molar-refractivity contribution in [2.45, 2.75) is 77.6 Å². The van der Waals surface area contributed by atoms with Crippen molar-refractivity contribution in [3.05, 3.63) is 24.2 Å². The molecule has 0 aromatic carbocycles. The van der Waals surface area contributed by atoms with E-state index in [4.69, 9.17) is 9.47 Å². The van der Waals surface area contributed by atoms with Gasteiger partial charge in [-0.1, -0.05) is 13.0 Å². The van der Waals surface area contributed by atoms with Crippen LogP contribution in [0.25, 0.3) is 0 Å². The van der Waals surface area contributed by atoms with Gasteiger partial charge in [-0.3, -0.25) is 9.59 Å². The molecule has 5 atom stereocenters. The van der Waals surface area contributed by atoms with Crippen LogP contribution in [0.1, 0.15) is 60.3 Å². The Balaban J connectivity index is 2.12. The number of fused-ring (bicyclic) bond motifs is 1. The summed E-state index contributed by atoms with van der Waals surface area (Å²) >= 11 is 0. The summed E-state index contributed by atoms with van der Waals surface area (Å²) in [5.74, 6) is -1.08. The first-order valence-electron chi connectivity index (χ1n) is 9.54. The van der Waals surface area contributed by atoms with E-state index >= 15 is 0 Å². The molecule has 0 aromatic rings. The van der Waals surface area contributed by atoms with Crippen molar-refractivity contribution in [3.8, 4) is 0 Å². The molecule has 150 valence electrons. The predicted molar refractivity (Wildman–Crippen MR) is 98.7 cm³/mol. The maximum Gasteiger partial charge on any atom is 0.312 e. The Morgan fingerprint density at radius 3 is 2.48 bits per heavy atom. The van der Waals surface area contributed by atoms with Gasteiger partial charge in [-0.2, -0.15) is 0 Å². The fraction of sp³-hybridized carbons (Fsp3) is 0.714. The number of allylic oxidation sites excluding steroid dienone is 1. The lowest BCUT2D eigenvalue weighted by Gasteiger charge is -2.63. The van der Waals surface area contributed by atoms with Crippen molar-refractivity contribution in [3.63, 3.8) is 0 Å². The molecule has 1 saturated carbocycles. The number of hydrogen-bond donors (Lipinski definition) is 2. The Kier molecular flexibility index (Phi) is 4.31. The molecule has 2 N–H and O–H groups in total. The van der Waals surface area contributed by atoms with E-state index in [1.54, 1.807) is 19.9 Å². The number of ether oxygens (including phenoxy) is 2. The molecule has 2 heterocycles. The number of rotatable bonds is 3. The van der Waals surface area contributed by atoms with Crippen LogP contribution in [0.4, 0.5) is 0 Å². The first-order valence-corrected chi connectivity index (χ1v) is 9.54. The lowest BCUT2D eigenvalue weighted by molar-refractivity contribution is -0.252. The van der Waals surface area contributed by atoms with E-state index in [-0.39, 0.29) is 24.2 Å². The SMILES string of the molecule is C=C[C@]1(C)[C@@H]2CC3=C(O[C@H](C)CC3=O)O[C@@]2(C)CC[C@]1(O)C(C)(C)C(=O)O. The molecule has 2 aliphatic heterocycles. The molecule has 3 rings (SSSR count). The van der Waals surface area contributed by atoms with Crippen LogP contribution in [0.3, 0.4) is 0 Å². The monoisotopic (exact) mass is 378 g/mol. The molecule has 1 fully saturated rings. The molecule has 6 nitrogen and oxygen atoms in total. The fourth-order valence-electron chi connectivity index (χ4n) is 5.31. The van der Waals surface area contributed by atoms with Gasteiger partial charge in [0.25, 0.3) is 5.95 Å². The molecule has 0 unspecified atom stereocenters. The van der Waals surface area contributed by atoms with Crippen LogP contribution >= 0.6 is 0 Å².